The maximum absolute atomic E-state index is 12.2. The standard InChI is InChI=1S/C19H18N4O4S/c1-27-14-8-6-13(7-9-14)21-17(25)10-16-18(26)22-19(28-16)23-20-11-12-4-2-3-5-15(12)24/h2-9,11,16,24H,10H2,1H3,(H,21,25)(H,22,23,26)/b20-11+/t16-/m1/s1. The predicted molar refractivity (Wildman–Crippen MR) is 109 cm³/mol. The van der Waals surface area contributed by atoms with E-state index in [1.165, 1.54) is 12.3 Å². The maximum Gasteiger partial charge on any atom is 0.240 e. The van der Waals surface area contributed by atoms with Gasteiger partial charge in [-0.05, 0) is 36.4 Å². The minimum absolute atomic E-state index is 0.00470. The van der Waals surface area contributed by atoms with Crippen LogP contribution in [0.5, 0.6) is 11.5 Å². The van der Waals surface area contributed by atoms with Crippen LogP contribution in [0.3, 0.4) is 0 Å². The number of nitrogens with one attached hydrogen (secondary N) is 2. The molecule has 9 heteroatoms. The van der Waals surface area contributed by atoms with E-state index in [2.05, 4.69) is 20.8 Å². The van der Waals surface area contributed by atoms with Gasteiger partial charge in [-0.2, -0.15) is 5.10 Å². The fraction of sp³-hybridized carbons (Fsp3) is 0.158. The summed E-state index contributed by atoms with van der Waals surface area (Å²) in [6.45, 7) is 0. The Morgan fingerprint density at radius 1 is 1.29 bits per heavy atom. The number of phenolic OH excluding ortho intramolecular Hbond substituents is 1. The molecule has 1 fully saturated rings. The fourth-order valence-corrected chi connectivity index (χ4v) is 3.31. The van der Waals surface area contributed by atoms with E-state index in [9.17, 15) is 14.7 Å². The van der Waals surface area contributed by atoms with Crippen LogP contribution in [0.2, 0.25) is 0 Å². The van der Waals surface area contributed by atoms with Gasteiger partial charge in [-0.3, -0.25) is 9.59 Å². The van der Waals surface area contributed by atoms with E-state index in [0.717, 1.165) is 11.8 Å². The number of rotatable bonds is 6. The van der Waals surface area contributed by atoms with Gasteiger partial charge in [0.15, 0.2) is 5.17 Å². The molecule has 1 saturated heterocycles. The molecule has 3 N–H and O–H groups in total. The highest BCUT2D eigenvalue weighted by Gasteiger charge is 2.32. The Morgan fingerprint density at radius 3 is 2.75 bits per heavy atom. The highest BCUT2D eigenvalue weighted by molar-refractivity contribution is 8.15. The van der Waals surface area contributed by atoms with Crippen molar-refractivity contribution in [3.8, 4) is 11.5 Å². The number of aromatic hydroxyl groups is 1. The third kappa shape index (κ3) is 5.10. The van der Waals surface area contributed by atoms with Crippen molar-refractivity contribution in [3.05, 3.63) is 54.1 Å². The van der Waals surface area contributed by atoms with Crippen LogP contribution in [-0.4, -0.2) is 40.7 Å². The third-order valence-electron chi connectivity index (χ3n) is 3.80. The van der Waals surface area contributed by atoms with Gasteiger partial charge in [0.2, 0.25) is 11.8 Å². The minimum atomic E-state index is -0.586. The molecule has 0 spiro atoms. The summed E-state index contributed by atoms with van der Waals surface area (Å²) in [4.78, 5) is 24.2. The number of anilines is 1. The lowest BCUT2D eigenvalue weighted by Gasteiger charge is -2.08. The van der Waals surface area contributed by atoms with Crippen molar-refractivity contribution in [1.29, 1.82) is 0 Å². The lowest BCUT2D eigenvalue weighted by molar-refractivity contribution is -0.122. The largest absolute Gasteiger partial charge is 0.507 e. The molecule has 2 amide bonds. The number of amides is 2. The number of para-hydroxylation sites is 1. The molecule has 1 atom stereocenters. The highest BCUT2D eigenvalue weighted by atomic mass is 32.2. The summed E-state index contributed by atoms with van der Waals surface area (Å²) >= 11 is 1.14. The molecule has 28 heavy (non-hydrogen) atoms. The van der Waals surface area contributed by atoms with E-state index in [1.54, 1.807) is 49.6 Å². The van der Waals surface area contributed by atoms with Gasteiger partial charge in [-0.1, -0.05) is 23.9 Å². The SMILES string of the molecule is COc1ccc(NC(=O)C[C@H]2S/C(=N/N=C/c3ccccc3O)NC2=O)cc1. The van der Waals surface area contributed by atoms with Gasteiger partial charge >= 0.3 is 0 Å². The first-order chi connectivity index (χ1) is 13.5. The smallest absolute Gasteiger partial charge is 0.240 e. The number of hydrogen-bond donors (Lipinski definition) is 3. The van der Waals surface area contributed by atoms with Crippen molar-refractivity contribution in [3.63, 3.8) is 0 Å². The number of phenols is 1. The lowest BCUT2D eigenvalue weighted by atomic mass is 10.2. The van der Waals surface area contributed by atoms with E-state index < -0.39 is 5.25 Å². The monoisotopic (exact) mass is 398 g/mol. The number of hydrogen-bond acceptors (Lipinski definition) is 7. The number of thioether (sulfide) groups is 1. The Kier molecular flexibility index (Phi) is 6.28. The summed E-state index contributed by atoms with van der Waals surface area (Å²) in [6, 6.07) is 13.6. The number of nitrogens with zero attached hydrogens (tertiary/aromatic N) is 2. The lowest BCUT2D eigenvalue weighted by Crippen LogP contribution is -2.28. The molecule has 1 aliphatic heterocycles. The van der Waals surface area contributed by atoms with E-state index in [-0.39, 0.29) is 24.0 Å². The number of carbonyl (C=O) groups excluding carboxylic acids is 2. The zero-order chi connectivity index (χ0) is 19.9. The summed E-state index contributed by atoms with van der Waals surface area (Å²) < 4.78 is 5.07. The predicted octanol–water partition coefficient (Wildman–Crippen LogP) is 2.35. The Balaban J connectivity index is 1.55. The van der Waals surface area contributed by atoms with E-state index in [4.69, 9.17) is 4.74 Å². The molecule has 3 rings (SSSR count). The molecular formula is C19H18N4O4S. The fourth-order valence-electron chi connectivity index (χ4n) is 2.38. The number of methoxy groups -OCH3 is 1. The van der Waals surface area contributed by atoms with Gasteiger partial charge in [0.25, 0.3) is 0 Å². The summed E-state index contributed by atoms with van der Waals surface area (Å²) in [5.74, 6) is 0.194. The molecule has 0 bridgehead atoms. The second-order valence-corrected chi connectivity index (χ2v) is 6.98. The van der Waals surface area contributed by atoms with Crippen LogP contribution in [0, 0.1) is 0 Å². The molecular weight excluding hydrogens is 380 g/mol. The van der Waals surface area contributed by atoms with Crippen molar-refractivity contribution in [2.75, 3.05) is 12.4 Å². The zero-order valence-electron chi connectivity index (χ0n) is 15.0. The summed E-state index contributed by atoms with van der Waals surface area (Å²) in [7, 11) is 1.56. The number of ether oxygens (including phenoxy) is 1. The molecule has 0 aliphatic carbocycles. The van der Waals surface area contributed by atoms with Crippen LogP contribution in [-0.2, 0) is 9.59 Å². The average molecular weight is 398 g/mol. The first-order valence-electron chi connectivity index (χ1n) is 8.35. The van der Waals surface area contributed by atoms with Crippen molar-refractivity contribution < 1.29 is 19.4 Å². The minimum Gasteiger partial charge on any atom is -0.507 e. The highest BCUT2D eigenvalue weighted by Crippen LogP contribution is 2.23. The molecule has 1 heterocycles. The van der Waals surface area contributed by atoms with Crippen LogP contribution < -0.4 is 15.4 Å². The summed E-state index contributed by atoms with van der Waals surface area (Å²) in [5.41, 5.74) is 1.13. The quantitative estimate of drug-likeness (QED) is 0.511. The first kappa shape index (κ1) is 19.4. The van der Waals surface area contributed by atoms with Gasteiger partial charge in [0.05, 0.1) is 13.3 Å². The van der Waals surface area contributed by atoms with Gasteiger partial charge in [-0.25, -0.2) is 0 Å². The summed E-state index contributed by atoms with van der Waals surface area (Å²) in [5, 5.41) is 22.5. The molecule has 2 aromatic carbocycles. The van der Waals surface area contributed by atoms with Gasteiger partial charge in [0.1, 0.15) is 16.7 Å². The van der Waals surface area contributed by atoms with E-state index in [0.29, 0.717) is 22.2 Å². The Bertz CT molecular complexity index is 928. The van der Waals surface area contributed by atoms with Gasteiger partial charge in [0, 0.05) is 17.7 Å². The average Bonchev–Trinajstić information content (AvgIpc) is 3.03. The molecule has 1 aliphatic rings. The van der Waals surface area contributed by atoms with Gasteiger partial charge in [-0.15, -0.1) is 5.10 Å². The number of benzene rings is 2. The second kappa shape index (κ2) is 9.05. The Morgan fingerprint density at radius 2 is 2.04 bits per heavy atom. The molecule has 8 nitrogen and oxygen atoms in total. The van der Waals surface area contributed by atoms with Crippen LogP contribution in [0.15, 0.2) is 58.7 Å². The molecule has 0 unspecified atom stereocenters. The first-order valence-corrected chi connectivity index (χ1v) is 9.23. The third-order valence-corrected chi connectivity index (χ3v) is 4.88. The zero-order valence-corrected chi connectivity index (χ0v) is 15.8. The van der Waals surface area contributed by atoms with E-state index >= 15 is 0 Å². The number of amidine groups is 1. The Labute approximate surface area is 165 Å². The van der Waals surface area contributed by atoms with Crippen LogP contribution in [0.1, 0.15) is 12.0 Å². The molecule has 0 radical (unpaired) electrons. The number of carbonyl (C=O) groups is 2. The topological polar surface area (TPSA) is 112 Å². The normalized spacial score (nSPS) is 17.7. The maximum atomic E-state index is 12.2. The van der Waals surface area contributed by atoms with Crippen molar-refractivity contribution in [2.45, 2.75) is 11.7 Å². The molecule has 0 saturated carbocycles. The van der Waals surface area contributed by atoms with Crippen LogP contribution in [0.25, 0.3) is 0 Å². The van der Waals surface area contributed by atoms with Crippen LogP contribution in [0.4, 0.5) is 5.69 Å². The van der Waals surface area contributed by atoms with Crippen molar-refractivity contribution >= 4 is 40.6 Å². The van der Waals surface area contributed by atoms with Crippen molar-refractivity contribution in [1.82, 2.24) is 5.32 Å². The van der Waals surface area contributed by atoms with E-state index in [1.807, 2.05) is 0 Å². The second-order valence-electron chi connectivity index (χ2n) is 5.79. The van der Waals surface area contributed by atoms with Gasteiger partial charge < -0.3 is 20.5 Å². The van der Waals surface area contributed by atoms with Crippen LogP contribution >= 0.6 is 11.8 Å². The summed E-state index contributed by atoms with van der Waals surface area (Å²) in [6.07, 6.45) is 1.39. The molecule has 144 valence electrons. The molecule has 0 aromatic heterocycles. The Hall–Kier alpha value is -3.33. The van der Waals surface area contributed by atoms with Crippen molar-refractivity contribution in [2.24, 2.45) is 10.2 Å². The molecule has 2 aromatic rings.